The van der Waals surface area contributed by atoms with Crippen LogP contribution in [-0.2, 0) is 6.54 Å². The van der Waals surface area contributed by atoms with Gasteiger partial charge in [0.05, 0.1) is 12.4 Å². The molecule has 1 aromatic heterocycles. The largest absolute Gasteiger partial charge is 0.491 e. The van der Waals surface area contributed by atoms with Gasteiger partial charge >= 0.3 is 0 Å². The third-order valence-corrected chi connectivity index (χ3v) is 4.35. The van der Waals surface area contributed by atoms with Crippen molar-refractivity contribution < 1.29 is 9.53 Å². The van der Waals surface area contributed by atoms with Crippen LogP contribution in [0.1, 0.15) is 10.4 Å². The van der Waals surface area contributed by atoms with Crippen LogP contribution in [0.3, 0.4) is 0 Å². The van der Waals surface area contributed by atoms with Crippen LogP contribution in [0.5, 0.6) is 5.75 Å². The van der Waals surface area contributed by atoms with Crippen LogP contribution in [0.15, 0.2) is 73.3 Å². The lowest BCUT2D eigenvalue weighted by molar-refractivity contribution is 0.0915. The van der Waals surface area contributed by atoms with Crippen LogP contribution >= 0.6 is 22.6 Å². The Hall–Kier alpha value is -2.35. The monoisotopic (exact) mass is 447 g/mol. The second-order valence-electron chi connectivity index (χ2n) is 5.56. The first kappa shape index (κ1) is 17.5. The molecular formula is C19H18IN3O2. The van der Waals surface area contributed by atoms with Crippen molar-refractivity contribution in [2.75, 3.05) is 6.61 Å². The standard InChI is InChI=1S/C19H18IN3O2/c20-16-8-6-15(7-9-16)19(24)22-17(12-23-11-10-21-14-23)13-25-18-4-2-1-3-5-18/h1-11,14,17H,12-13H2,(H,22,24). The summed E-state index contributed by atoms with van der Waals surface area (Å²) in [5.74, 6) is 0.667. The topological polar surface area (TPSA) is 56.1 Å². The molecule has 1 amide bonds. The van der Waals surface area contributed by atoms with E-state index in [1.165, 1.54) is 0 Å². The minimum atomic E-state index is -0.179. The number of rotatable bonds is 7. The summed E-state index contributed by atoms with van der Waals surface area (Å²) in [6.07, 6.45) is 5.31. The second kappa shape index (κ2) is 8.66. The summed E-state index contributed by atoms with van der Waals surface area (Å²) >= 11 is 2.22. The molecule has 0 saturated carbocycles. The zero-order valence-electron chi connectivity index (χ0n) is 13.5. The number of benzene rings is 2. The zero-order valence-corrected chi connectivity index (χ0v) is 15.7. The molecule has 0 radical (unpaired) electrons. The molecule has 25 heavy (non-hydrogen) atoms. The molecule has 1 atom stereocenters. The van der Waals surface area contributed by atoms with Crippen molar-refractivity contribution in [3.8, 4) is 5.75 Å². The minimum absolute atomic E-state index is 0.113. The summed E-state index contributed by atoms with van der Waals surface area (Å²) < 4.78 is 8.84. The molecular weight excluding hydrogens is 429 g/mol. The first-order valence-electron chi connectivity index (χ1n) is 7.91. The summed E-state index contributed by atoms with van der Waals surface area (Å²) in [6, 6.07) is 16.9. The van der Waals surface area contributed by atoms with Gasteiger partial charge in [-0.3, -0.25) is 4.79 Å². The van der Waals surface area contributed by atoms with Gasteiger partial charge in [0.2, 0.25) is 0 Å². The fraction of sp³-hybridized carbons (Fsp3) is 0.158. The average Bonchev–Trinajstić information content (AvgIpc) is 3.14. The number of hydrogen-bond acceptors (Lipinski definition) is 3. The molecule has 0 fully saturated rings. The maximum absolute atomic E-state index is 12.5. The molecule has 2 aromatic carbocycles. The quantitative estimate of drug-likeness (QED) is 0.566. The number of nitrogens with zero attached hydrogens (tertiary/aromatic N) is 2. The number of carbonyl (C=O) groups excluding carboxylic acids is 1. The molecule has 0 spiro atoms. The number of carbonyl (C=O) groups is 1. The Labute approximate surface area is 160 Å². The lowest BCUT2D eigenvalue weighted by atomic mass is 10.2. The van der Waals surface area contributed by atoms with Crippen LogP contribution in [0, 0.1) is 3.57 Å². The molecule has 0 aliphatic rings. The molecule has 128 valence electrons. The van der Waals surface area contributed by atoms with Crippen molar-refractivity contribution >= 4 is 28.5 Å². The van der Waals surface area contributed by atoms with E-state index < -0.39 is 0 Å². The maximum Gasteiger partial charge on any atom is 0.251 e. The Morgan fingerprint density at radius 2 is 1.92 bits per heavy atom. The number of hydrogen-bond donors (Lipinski definition) is 1. The van der Waals surface area contributed by atoms with Gasteiger partial charge in [0, 0.05) is 28.1 Å². The van der Waals surface area contributed by atoms with E-state index in [0.29, 0.717) is 18.7 Å². The van der Waals surface area contributed by atoms with E-state index in [2.05, 4.69) is 32.9 Å². The number of para-hydroxylation sites is 1. The smallest absolute Gasteiger partial charge is 0.251 e. The van der Waals surface area contributed by atoms with E-state index in [1.54, 1.807) is 12.5 Å². The lowest BCUT2D eigenvalue weighted by Crippen LogP contribution is -2.42. The predicted molar refractivity (Wildman–Crippen MR) is 105 cm³/mol. The van der Waals surface area contributed by atoms with E-state index >= 15 is 0 Å². The van der Waals surface area contributed by atoms with Gasteiger partial charge in [-0.05, 0) is 59.0 Å². The van der Waals surface area contributed by atoms with Crippen LogP contribution < -0.4 is 10.1 Å². The summed E-state index contributed by atoms with van der Waals surface area (Å²) in [7, 11) is 0. The van der Waals surface area contributed by atoms with Gasteiger partial charge in [-0.25, -0.2) is 4.98 Å². The number of ether oxygens (including phenoxy) is 1. The molecule has 0 bridgehead atoms. The van der Waals surface area contributed by atoms with Gasteiger partial charge in [-0.2, -0.15) is 0 Å². The second-order valence-corrected chi connectivity index (χ2v) is 6.81. The fourth-order valence-electron chi connectivity index (χ4n) is 2.37. The Balaban J connectivity index is 1.66. The normalized spacial score (nSPS) is 11.7. The molecule has 6 heteroatoms. The van der Waals surface area contributed by atoms with Crippen molar-refractivity contribution in [3.63, 3.8) is 0 Å². The third-order valence-electron chi connectivity index (χ3n) is 3.63. The van der Waals surface area contributed by atoms with Crippen molar-refractivity contribution in [2.45, 2.75) is 12.6 Å². The molecule has 0 aliphatic heterocycles. The van der Waals surface area contributed by atoms with E-state index in [9.17, 15) is 4.79 Å². The molecule has 0 aliphatic carbocycles. The molecule has 1 N–H and O–H groups in total. The fourth-order valence-corrected chi connectivity index (χ4v) is 2.73. The van der Waals surface area contributed by atoms with E-state index in [1.807, 2.05) is 65.4 Å². The number of halogens is 1. The van der Waals surface area contributed by atoms with Gasteiger partial charge in [0.15, 0.2) is 0 Å². The number of amides is 1. The van der Waals surface area contributed by atoms with Gasteiger partial charge in [-0.15, -0.1) is 0 Å². The SMILES string of the molecule is O=C(NC(COc1ccccc1)Cn1ccnc1)c1ccc(I)cc1. The van der Waals surface area contributed by atoms with E-state index in [4.69, 9.17) is 4.74 Å². The van der Waals surface area contributed by atoms with Crippen LogP contribution in [-0.4, -0.2) is 28.1 Å². The number of aromatic nitrogens is 2. The first-order valence-corrected chi connectivity index (χ1v) is 8.98. The van der Waals surface area contributed by atoms with Crippen LogP contribution in [0.4, 0.5) is 0 Å². The Morgan fingerprint density at radius 1 is 1.16 bits per heavy atom. The average molecular weight is 447 g/mol. The number of imidazole rings is 1. The van der Waals surface area contributed by atoms with Gasteiger partial charge in [0.25, 0.3) is 5.91 Å². The first-order chi connectivity index (χ1) is 12.2. The van der Waals surface area contributed by atoms with E-state index in [-0.39, 0.29) is 11.9 Å². The Kier molecular flexibility index (Phi) is 6.05. The Bertz CT molecular complexity index is 789. The highest BCUT2D eigenvalue weighted by molar-refractivity contribution is 14.1. The van der Waals surface area contributed by atoms with Gasteiger partial charge in [-0.1, -0.05) is 18.2 Å². The maximum atomic E-state index is 12.5. The summed E-state index contributed by atoms with van der Waals surface area (Å²) in [5, 5.41) is 3.05. The molecule has 1 heterocycles. The minimum Gasteiger partial charge on any atom is -0.491 e. The summed E-state index contributed by atoms with van der Waals surface area (Å²) in [4.78, 5) is 16.6. The highest BCUT2D eigenvalue weighted by Crippen LogP contribution is 2.10. The Morgan fingerprint density at radius 3 is 2.60 bits per heavy atom. The van der Waals surface area contributed by atoms with Crippen molar-refractivity contribution in [1.29, 1.82) is 0 Å². The summed E-state index contributed by atoms with van der Waals surface area (Å²) in [5.41, 5.74) is 0.635. The van der Waals surface area contributed by atoms with Crippen molar-refractivity contribution in [3.05, 3.63) is 82.5 Å². The number of nitrogens with one attached hydrogen (secondary N) is 1. The lowest BCUT2D eigenvalue weighted by Gasteiger charge is -2.20. The highest BCUT2D eigenvalue weighted by atomic mass is 127. The van der Waals surface area contributed by atoms with Gasteiger partial charge in [0.1, 0.15) is 12.4 Å². The van der Waals surface area contributed by atoms with Crippen molar-refractivity contribution in [1.82, 2.24) is 14.9 Å². The summed E-state index contributed by atoms with van der Waals surface area (Å²) in [6.45, 7) is 0.960. The zero-order chi connectivity index (χ0) is 17.5. The predicted octanol–water partition coefficient (Wildman–Crippen LogP) is 3.37. The van der Waals surface area contributed by atoms with Crippen LogP contribution in [0.25, 0.3) is 0 Å². The third kappa shape index (κ3) is 5.32. The molecule has 3 rings (SSSR count). The van der Waals surface area contributed by atoms with Crippen LogP contribution in [0.2, 0.25) is 0 Å². The highest BCUT2D eigenvalue weighted by Gasteiger charge is 2.15. The molecule has 1 unspecified atom stereocenters. The molecule has 0 saturated heterocycles. The van der Waals surface area contributed by atoms with Gasteiger partial charge < -0.3 is 14.6 Å². The molecule has 3 aromatic rings. The molecule has 5 nitrogen and oxygen atoms in total. The van der Waals surface area contributed by atoms with Crippen molar-refractivity contribution in [2.24, 2.45) is 0 Å². The van der Waals surface area contributed by atoms with E-state index in [0.717, 1.165) is 9.32 Å².